The summed E-state index contributed by atoms with van der Waals surface area (Å²) in [5.74, 6) is -2.11. The van der Waals surface area contributed by atoms with Crippen LogP contribution in [0.25, 0.3) is 0 Å². The molecule has 0 aromatic carbocycles. The van der Waals surface area contributed by atoms with E-state index in [9.17, 15) is 9.59 Å². The highest BCUT2D eigenvalue weighted by Crippen LogP contribution is 2.13. The third-order valence-electron chi connectivity index (χ3n) is 0.917. The highest BCUT2D eigenvalue weighted by molar-refractivity contribution is 6.53. The molecule has 4 nitrogen and oxygen atoms in total. The summed E-state index contributed by atoms with van der Waals surface area (Å²) in [7, 11) is 0. The topological polar surface area (TPSA) is 66.4 Å². The van der Waals surface area contributed by atoms with Gasteiger partial charge in [-0.1, -0.05) is 23.2 Å². The molecule has 0 aliphatic rings. The van der Waals surface area contributed by atoms with Gasteiger partial charge >= 0.3 is 5.97 Å². The standard InChI is InChI=1S/C6H7Cl2NO3/c1-2-9-5(10)3(7)4(8)6(11)12/h2H2,1H3,(H,9,10)(H,11,12)/b4-3-. The van der Waals surface area contributed by atoms with Gasteiger partial charge in [-0.25, -0.2) is 4.79 Å². The normalized spacial score (nSPS) is 11.9. The Balaban J connectivity index is 4.55. The number of carbonyl (C=O) groups is 2. The summed E-state index contributed by atoms with van der Waals surface area (Å²) in [5, 5.41) is 9.43. The molecule has 0 saturated heterocycles. The zero-order chi connectivity index (χ0) is 9.72. The molecule has 68 valence electrons. The number of carboxylic acids is 1. The van der Waals surface area contributed by atoms with Crippen LogP contribution in [0.2, 0.25) is 0 Å². The minimum absolute atomic E-state index is 0.360. The Hall–Kier alpha value is -0.740. The lowest BCUT2D eigenvalue weighted by Gasteiger charge is -1.99. The average Bonchev–Trinajstić information content (AvgIpc) is 2.02. The van der Waals surface area contributed by atoms with Crippen LogP contribution in [0, 0.1) is 0 Å². The van der Waals surface area contributed by atoms with Crippen LogP contribution >= 0.6 is 23.2 Å². The molecule has 0 spiro atoms. The monoisotopic (exact) mass is 211 g/mol. The fourth-order valence-corrected chi connectivity index (χ4v) is 0.665. The molecule has 0 radical (unpaired) electrons. The summed E-state index contributed by atoms with van der Waals surface area (Å²) < 4.78 is 0. The van der Waals surface area contributed by atoms with Gasteiger partial charge in [-0.05, 0) is 6.92 Å². The number of carbonyl (C=O) groups excluding carboxylic acids is 1. The Labute approximate surface area is 79.1 Å². The number of halogens is 2. The first-order chi connectivity index (χ1) is 5.50. The third kappa shape index (κ3) is 3.11. The summed E-state index contributed by atoms with van der Waals surface area (Å²) >= 11 is 10.5. The molecule has 6 heteroatoms. The molecule has 0 fully saturated rings. The molecule has 1 amide bonds. The van der Waals surface area contributed by atoms with E-state index in [2.05, 4.69) is 5.32 Å². The lowest BCUT2D eigenvalue weighted by molar-refractivity contribution is -0.132. The predicted molar refractivity (Wildman–Crippen MR) is 45.1 cm³/mol. The fourth-order valence-electron chi connectivity index (χ4n) is 0.432. The van der Waals surface area contributed by atoms with Crippen molar-refractivity contribution in [1.82, 2.24) is 5.32 Å². The van der Waals surface area contributed by atoms with E-state index in [1.54, 1.807) is 6.92 Å². The minimum Gasteiger partial charge on any atom is -0.477 e. The highest BCUT2D eigenvalue weighted by atomic mass is 35.5. The van der Waals surface area contributed by atoms with Crippen molar-refractivity contribution >= 4 is 35.1 Å². The van der Waals surface area contributed by atoms with Crippen molar-refractivity contribution in [3.63, 3.8) is 0 Å². The summed E-state index contributed by atoms with van der Waals surface area (Å²) in [6.07, 6.45) is 0. The van der Waals surface area contributed by atoms with Crippen molar-refractivity contribution in [1.29, 1.82) is 0 Å². The van der Waals surface area contributed by atoms with Crippen molar-refractivity contribution in [2.45, 2.75) is 6.92 Å². The maximum Gasteiger partial charge on any atom is 0.349 e. The Morgan fingerprint density at radius 3 is 2.17 bits per heavy atom. The van der Waals surface area contributed by atoms with Crippen molar-refractivity contribution in [2.24, 2.45) is 0 Å². The average molecular weight is 212 g/mol. The fraction of sp³-hybridized carbons (Fsp3) is 0.333. The molecule has 0 unspecified atom stereocenters. The molecular formula is C6H7Cl2NO3. The minimum atomic E-state index is -1.42. The highest BCUT2D eigenvalue weighted by Gasteiger charge is 2.15. The zero-order valence-corrected chi connectivity index (χ0v) is 7.74. The molecule has 0 atom stereocenters. The van der Waals surface area contributed by atoms with E-state index in [4.69, 9.17) is 28.3 Å². The Morgan fingerprint density at radius 1 is 1.33 bits per heavy atom. The van der Waals surface area contributed by atoms with Crippen LogP contribution in [0.4, 0.5) is 0 Å². The third-order valence-corrected chi connectivity index (χ3v) is 1.73. The Kier molecular flexibility index (Phi) is 4.70. The lowest BCUT2D eigenvalue weighted by atomic mass is 10.4. The van der Waals surface area contributed by atoms with E-state index < -0.39 is 21.9 Å². The number of aliphatic carboxylic acids is 1. The van der Waals surface area contributed by atoms with Gasteiger partial charge in [0.05, 0.1) is 0 Å². The number of likely N-dealkylation sites (N-methyl/N-ethyl adjacent to an activating group) is 1. The predicted octanol–water partition coefficient (Wildman–Crippen LogP) is 0.896. The van der Waals surface area contributed by atoms with Crippen LogP contribution in [-0.4, -0.2) is 23.5 Å². The van der Waals surface area contributed by atoms with Gasteiger partial charge in [-0.15, -0.1) is 0 Å². The van der Waals surface area contributed by atoms with Gasteiger partial charge in [0.25, 0.3) is 5.91 Å². The van der Waals surface area contributed by atoms with Crippen molar-refractivity contribution in [3.05, 3.63) is 10.1 Å². The summed E-state index contributed by atoms with van der Waals surface area (Å²) in [5.41, 5.74) is 0. The van der Waals surface area contributed by atoms with Crippen molar-refractivity contribution < 1.29 is 14.7 Å². The molecule has 0 bridgehead atoms. The summed E-state index contributed by atoms with van der Waals surface area (Å²) in [4.78, 5) is 21.0. The largest absolute Gasteiger partial charge is 0.477 e. The van der Waals surface area contributed by atoms with Gasteiger partial charge < -0.3 is 10.4 Å². The number of hydrogen-bond donors (Lipinski definition) is 2. The Bertz CT molecular complexity index is 237. The molecule has 12 heavy (non-hydrogen) atoms. The summed E-state index contributed by atoms with van der Waals surface area (Å²) in [6, 6.07) is 0. The maximum atomic E-state index is 10.8. The van der Waals surface area contributed by atoms with Crippen LogP contribution in [0.5, 0.6) is 0 Å². The van der Waals surface area contributed by atoms with Gasteiger partial charge in [0.1, 0.15) is 10.1 Å². The van der Waals surface area contributed by atoms with E-state index in [1.807, 2.05) is 0 Å². The van der Waals surface area contributed by atoms with E-state index in [0.29, 0.717) is 6.54 Å². The second kappa shape index (κ2) is 5.00. The van der Waals surface area contributed by atoms with E-state index in [-0.39, 0.29) is 0 Å². The molecule has 0 rings (SSSR count). The van der Waals surface area contributed by atoms with Gasteiger partial charge in [-0.3, -0.25) is 4.79 Å². The van der Waals surface area contributed by atoms with Crippen LogP contribution < -0.4 is 5.32 Å². The second-order valence-corrected chi connectivity index (χ2v) is 2.55. The van der Waals surface area contributed by atoms with Gasteiger partial charge in [0.2, 0.25) is 0 Å². The summed E-state index contributed by atoms with van der Waals surface area (Å²) in [6.45, 7) is 2.04. The number of rotatable bonds is 3. The maximum absolute atomic E-state index is 10.8. The van der Waals surface area contributed by atoms with Gasteiger partial charge in [0, 0.05) is 6.54 Å². The van der Waals surface area contributed by atoms with Gasteiger partial charge in [0.15, 0.2) is 0 Å². The zero-order valence-electron chi connectivity index (χ0n) is 6.23. The van der Waals surface area contributed by atoms with Crippen LogP contribution in [-0.2, 0) is 9.59 Å². The number of hydrogen-bond acceptors (Lipinski definition) is 2. The Morgan fingerprint density at radius 2 is 1.83 bits per heavy atom. The number of amides is 1. The molecule has 0 aliphatic carbocycles. The van der Waals surface area contributed by atoms with E-state index >= 15 is 0 Å². The molecule has 2 N–H and O–H groups in total. The smallest absolute Gasteiger partial charge is 0.349 e. The SMILES string of the molecule is CCNC(=O)/C(Cl)=C(/Cl)C(=O)O. The first kappa shape index (κ1) is 11.3. The van der Waals surface area contributed by atoms with Crippen molar-refractivity contribution in [2.75, 3.05) is 6.54 Å². The molecule has 0 aromatic rings. The quantitative estimate of drug-likeness (QED) is 0.683. The molecular weight excluding hydrogens is 205 g/mol. The lowest BCUT2D eigenvalue weighted by Crippen LogP contribution is -2.23. The molecule has 0 aliphatic heterocycles. The first-order valence-electron chi connectivity index (χ1n) is 3.07. The van der Waals surface area contributed by atoms with E-state index in [1.165, 1.54) is 0 Å². The molecule has 0 saturated carbocycles. The van der Waals surface area contributed by atoms with E-state index in [0.717, 1.165) is 0 Å². The number of carboxylic acid groups (broad SMARTS) is 1. The second-order valence-electron chi connectivity index (χ2n) is 1.79. The van der Waals surface area contributed by atoms with Crippen LogP contribution in [0.3, 0.4) is 0 Å². The van der Waals surface area contributed by atoms with Crippen molar-refractivity contribution in [3.8, 4) is 0 Å². The first-order valence-corrected chi connectivity index (χ1v) is 3.83. The van der Waals surface area contributed by atoms with Crippen LogP contribution in [0.15, 0.2) is 10.1 Å². The molecule has 0 heterocycles. The van der Waals surface area contributed by atoms with Gasteiger partial charge in [-0.2, -0.15) is 0 Å². The van der Waals surface area contributed by atoms with Crippen LogP contribution in [0.1, 0.15) is 6.92 Å². The molecule has 0 aromatic heterocycles. The number of nitrogens with one attached hydrogen (secondary N) is 1.